The molecule has 1 amide bonds. The van der Waals surface area contributed by atoms with Crippen LogP contribution in [0.25, 0.3) is 0 Å². The first kappa shape index (κ1) is 18.0. The molecule has 5 nitrogen and oxygen atoms in total. The fraction of sp³-hybridized carbons (Fsp3) is 0.316. The van der Waals surface area contributed by atoms with Gasteiger partial charge in [-0.15, -0.1) is 0 Å². The predicted octanol–water partition coefficient (Wildman–Crippen LogP) is 3.26. The summed E-state index contributed by atoms with van der Waals surface area (Å²) in [6.45, 7) is 3.78. The number of hydrogen-bond acceptors (Lipinski definition) is 4. The molecule has 24 heavy (non-hydrogen) atoms. The number of amides is 1. The van der Waals surface area contributed by atoms with Gasteiger partial charge in [-0.2, -0.15) is 0 Å². The second-order valence-corrected chi connectivity index (χ2v) is 5.06. The SMILES string of the molecule is CCOCc1ccccc1NC(=O)COCCOc1ccccc1. The first-order valence-corrected chi connectivity index (χ1v) is 8.00. The lowest BCUT2D eigenvalue weighted by Crippen LogP contribution is -2.21. The van der Waals surface area contributed by atoms with Crippen LogP contribution in [0.1, 0.15) is 12.5 Å². The van der Waals surface area contributed by atoms with Crippen LogP contribution in [-0.4, -0.2) is 32.3 Å². The minimum absolute atomic E-state index is 0.0128. The molecular formula is C19H23NO4. The average molecular weight is 329 g/mol. The van der Waals surface area contributed by atoms with Crippen molar-refractivity contribution in [3.63, 3.8) is 0 Å². The number of hydrogen-bond donors (Lipinski definition) is 1. The Balaban J connectivity index is 1.68. The van der Waals surface area contributed by atoms with E-state index in [1.807, 2.05) is 61.5 Å². The Morgan fingerprint density at radius 1 is 0.958 bits per heavy atom. The summed E-state index contributed by atoms with van der Waals surface area (Å²) in [5.41, 5.74) is 1.69. The van der Waals surface area contributed by atoms with E-state index in [1.165, 1.54) is 0 Å². The molecule has 0 aliphatic rings. The number of rotatable bonds is 10. The van der Waals surface area contributed by atoms with Gasteiger partial charge in [0.1, 0.15) is 19.0 Å². The van der Waals surface area contributed by atoms with Crippen LogP contribution < -0.4 is 10.1 Å². The third-order valence-corrected chi connectivity index (χ3v) is 3.23. The van der Waals surface area contributed by atoms with E-state index >= 15 is 0 Å². The molecule has 128 valence electrons. The topological polar surface area (TPSA) is 56.8 Å². The number of para-hydroxylation sites is 2. The van der Waals surface area contributed by atoms with E-state index < -0.39 is 0 Å². The molecule has 0 radical (unpaired) electrons. The lowest BCUT2D eigenvalue weighted by molar-refractivity contribution is -0.120. The van der Waals surface area contributed by atoms with E-state index in [0.29, 0.717) is 26.4 Å². The van der Waals surface area contributed by atoms with Crippen molar-refractivity contribution in [2.45, 2.75) is 13.5 Å². The highest BCUT2D eigenvalue weighted by atomic mass is 16.5. The minimum Gasteiger partial charge on any atom is -0.491 e. The van der Waals surface area contributed by atoms with Crippen LogP contribution in [0.2, 0.25) is 0 Å². The van der Waals surface area contributed by atoms with E-state index in [9.17, 15) is 4.79 Å². The highest BCUT2D eigenvalue weighted by Crippen LogP contribution is 2.16. The predicted molar refractivity (Wildman–Crippen MR) is 93.2 cm³/mol. The minimum atomic E-state index is -0.196. The maximum atomic E-state index is 12.0. The molecule has 0 fully saturated rings. The van der Waals surface area contributed by atoms with Crippen molar-refractivity contribution in [3.05, 3.63) is 60.2 Å². The molecule has 0 spiro atoms. The molecule has 2 rings (SSSR count). The van der Waals surface area contributed by atoms with Gasteiger partial charge in [-0.25, -0.2) is 0 Å². The van der Waals surface area contributed by atoms with E-state index in [-0.39, 0.29) is 12.5 Å². The molecule has 5 heteroatoms. The Morgan fingerprint density at radius 3 is 2.50 bits per heavy atom. The summed E-state index contributed by atoms with van der Waals surface area (Å²) in [6, 6.07) is 17.1. The Hall–Kier alpha value is -2.37. The van der Waals surface area contributed by atoms with Gasteiger partial charge in [0.15, 0.2) is 0 Å². The van der Waals surface area contributed by atoms with Crippen LogP contribution in [0, 0.1) is 0 Å². The summed E-state index contributed by atoms with van der Waals surface area (Å²) >= 11 is 0. The van der Waals surface area contributed by atoms with E-state index in [4.69, 9.17) is 14.2 Å². The van der Waals surface area contributed by atoms with Crippen molar-refractivity contribution in [3.8, 4) is 5.75 Å². The number of ether oxygens (including phenoxy) is 3. The molecule has 1 N–H and O–H groups in total. The average Bonchev–Trinajstić information content (AvgIpc) is 2.61. The number of carbonyl (C=O) groups is 1. The smallest absolute Gasteiger partial charge is 0.250 e. The van der Waals surface area contributed by atoms with Crippen molar-refractivity contribution in [1.82, 2.24) is 0 Å². The summed E-state index contributed by atoms with van der Waals surface area (Å²) in [5.74, 6) is 0.592. The molecule has 0 bridgehead atoms. The lowest BCUT2D eigenvalue weighted by Gasteiger charge is -2.11. The Morgan fingerprint density at radius 2 is 1.71 bits per heavy atom. The zero-order valence-corrected chi connectivity index (χ0v) is 13.9. The normalized spacial score (nSPS) is 10.4. The zero-order valence-electron chi connectivity index (χ0n) is 13.9. The van der Waals surface area contributed by atoms with Crippen LogP contribution in [0.15, 0.2) is 54.6 Å². The largest absolute Gasteiger partial charge is 0.491 e. The fourth-order valence-electron chi connectivity index (χ4n) is 2.07. The van der Waals surface area contributed by atoms with Crippen LogP contribution in [0.4, 0.5) is 5.69 Å². The summed E-state index contributed by atoms with van der Waals surface area (Å²) in [4.78, 5) is 12.0. The number of nitrogens with one attached hydrogen (secondary N) is 1. The number of anilines is 1. The maximum Gasteiger partial charge on any atom is 0.250 e. The van der Waals surface area contributed by atoms with E-state index in [0.717, 1.165) is 17.0 Å². The van der Waals surface area contributed by atoms with Crippen molar-refractivity contribution in [1.29, 1.82) is 0 Å². The Labute approximate surface area is 142 Å². The first-order valence-electron chi connectivity index (χ1n) is 8.00. The molecule has 2 aromatic carbocycles. The standard InChI is InChI=1S/C19H23NO4/c1-2-22-14-16-8-6-7-11-18(16)20-19(21)15-23-12-13-24-17-9-4-3-5-10-17/h3-11H,2,12-15H2,1H3,(H,20,21). The molecule has 0 saturated carbocycles. The summed E-state index contributed by atoms with van der Waals surface area (Å²) in [6.07, 6.45) is 0. The number of carbonyl (C=O) groups excluding carboxylic acids is 1. The lowest BCUT2D eigenvalue weighted by atomic mass is 10.2. The number of benzene rings is 2. The van der Waals surface area contributed by atoms with Gasteiger partial charge in [-0.3, -0.25) is 4.79 Å². The third kappa shape index (κ3) is 6.40. The third-order valence-electron chi connectivity index (χ3n) is 3.23. The highest BCUT2D eigenvalue weighted by molar-refractivity contribution is 5.92. The monoisotopic (exact) mass is 329 g/mol. The van der Waals surface area contributed by atoms with E-state index in [2.05, 4.69) is 5.32 Å². The zero-order chi connectivity index (χ0) is 17.0. The Bertz CT molecular complexity index is 616. The van der Waals surface area contributed by atoms with Gasteiger partial charge in [0.05, 0.1) is 13.2 Å². The van der Waals surface area contributed by atoms with Crippen LogP contribution in [0.3, 0.4) is 0 Å². The molecular weight excluding hydrogens is 306 g/mol. The van der Waals surface area contributed by atoms with Crippen molar-refractivity contribution < 1.29 is 19.0 Å². The Kier molecular flexibility index (Phi) is 7.80. The highest BCUT2D eigenvalue weighted by Gasteiger charge is 2.06. The van der Waals surface area contributed by atoms with Gasteiger partial charge in [0.2, 0.25) is 5.91 Å². The van der Waals surface area contributed by atoms with Gasteiger partial charge in [-0.05, 0) is 25.1 Å². The van der Waals surface area contributed by atoms with Gasteiger partial charge < -0.3 is 19.5 Å². The van der Waals surface area contributed by atoms with E-state index in [1.54, 1.807) is 0 Å². The van der Waals surface area contributed by atoms with Crippen LogP contribution in [-0.2, 0) is 20.9 Å². The second kappa shape index (κ2) is 10.4. The molecule has 2 aromatic rings. The molecule has 0 heterocycles. The van der Waals surface area contributed by atoms with Gasteiger partial charge >= 0.3 is 0 Å². The molecule has 0 aliphatic heterocycles. The maximum absolute atomic E-state index is 12.0. The second-order valence-electron chi connectivity index (χ2n) is 5.06. The van der Waals surface area contributed by atoms with Gasteiger partial charge in [-0.1, -0.05) is 36.4 Å². The van der Waals surface area contributed by atoms with Gasteiger partial charge in [0, 0.05) is 17.9 Å². The molecule has 0 aliphatic carbocycles. The molecule has 0 unspecified atom stereocenters. The summed E-state index contributed by atoms with van der Waals surface area (Å²) in [7, 11) is 0. The summed E-state index contributed by atoms with van der Waals surface area (Å²) < 4.78 is 16.2. The van der Waals surface area contributed by atoms with Crippen molar-refractivity contribution >= 4 is 11.6 Å². The first-order chi connectivity index (χ1) is 11.8. The van der Waals surface area contributed by atoms with Crippen LogP contribution in [0.5, 0.6) is 5.75 Å². The van der Waals surface area contributed by atoms with Gasteiger partial charge in [0.25, 0.3) is 0 Å². The quantitative estimate of drug-likeness (QED) is 0.680. The van der Waals surface area contributed by atoms with Crippen LogP contribution >= 0.6 is 0 Å². The molecule has 0 saturated heterocycles. The summed E-state index contributed by atoms with van der Waals surface area (Å²) in [5, 5.41) is 2.84. The molecule has 0 aromatic heterocycles. The van der Waals surface area contributed by atoms with Crippen molar-refractivity contribution in [2.75, 3.05) is 31.7 Å². The fourth-order valence-corrected chi connectivity index (χ4v) is 2.07. The van der Waals surface area contributed by atoms with Crippen molar-refractivity contribution in [2.24, 2.45) is 0 Å². The molecule has 0 atom stereocenters.